The molecule has 0 radical (unpaired) electrons. The summed E-state index contributed by atoms with van der Waals surface area (Å²) in [5.41, 5.74) is 0. The quantitative estimate of drug-likeness (QED) is 0.705. The molecule has 1 aliphatic carbocycles. The lowest BCUT2D eigenvalue weighted by atomic mass is 9.74. The van der Waals surface area contributed by atoms with Crippen LogP contribution in [0.4, 0.5) is 13.2 Å². The van der Waals surface area contributed by atoms with Gasteiger partial charge in [0.1, 0.15) is 0 Å². The third kappa shape index (κ3) is 2.87. The summed E-state index contributed by atoms with van der Waals surface area (Å²) in [6.45, 7) is 3.90. The molecule has 1 nitrogen and oxygen atoms in total. The summed E-state index contributed by atoms with van der Waals surface area (Å²) in [5.74, 6) is -0.0183. The Kier molecular flexibility index (Phi) is 3.45. The van der Waals surface area contributed by atoms with Gasteiger partial charge in [0.15, 0.2) is 6.10 Å². The molecule has 4 heteroatoms. The third-order valence-corrected chi connectivity index (χ3v) is 3.00. The van der Waals surface area contributed by atoms with Gasteiger partial charge in [0, 0.05) is 0 Å². The van der Waals surface area contributed by atoms with Crippen molar-refractivity contribution < 1.29 is 18.3 Å². The normalized spacial score (nSPS) is 36.9. The number of aliphatic hydroxyl groups excluding tert-OH is 1. The molecule has 1 fully saturated rings. The molecule has 0 aromatic carbocycles. The van der Waals surface area contributed by atoms with Crippen LogP contribution in [0.25, 0.3) is 0 Å². The predicted octanol–water partition coefficient (Wildman–Crippen LogP) is 2.98. The van der Waals surface area contributed by atoms with Gasteiger partial charge in [-0.3, -0.25) is 0 Å². The van der Waals surface area contributed by atoms with E-state index in [1.807, 2.05) is 13.8 Å². The molecule has 0 spiro atoms. The summed E-state index contributed by atoms with van der Waals surface area (Å²) in [6, 6.07) is 0. The zero-order valence-corrected chi connectivity index (χ0v) is 8.51. The van der Waals surface area contributed by atoms with Crippen LogP contribution >= 0.6 is 0 Å². The van der Waals surface area contributed by atoms with Gasteiger partial charge in [0.25, 0.3) is 0 Å². The first-order valence-corrected chi connectivity index (χ1v) is 5.05. The van der Waals surface area contributed by atoms with Gasteiger partial charge in [0.05, 0.1) is 0 Å². The van der Waals surface area contributed by atoms with Crippen molar-refractivity contribution >= 4 is 0 Å². The Labute approximate surface area is 82.3 Å². The molecular weight excluding hydrogens is 193 g/mol. The lowest BCUT2D eigenvalue weighted by Gasteiger charge is -2.34. The smallest absolute Gasteiger partial charge is 0.383 e. The molecule has 84 valence electrons. The van der Waals surface area contributed by atoms with Crippen molar-refractivity contribution in [3.63, 3.8) is 0 Å². The molecule has 1 rings (SSSR count). The Morgan fingerprint density at radius 2 is 1.50 bits per heavy atom. The lowest BCUT2D eigenvalue weighted by Crippen LogP contribution is -2.39. The monoisotopic (exact) mass is 210 g/mol. The van der Waals surface area contributed by atoms with E-state index in [1.165, 1.54) is 0 Å². The minimum atomic E-state index is -4.46. The number of hydrogen-bond acceptors (Lipinski definition) is 1. The average Bonchev–Trinajstić information content (AvgIpc) is 1.99. The van der Waals surface area contributed by atoms with Crippen LogP contribution in [-0.2, 0) is 0 Å². The first-order valence-electron chi connectivity index (χ1n) is 5.05. The van der Waals surface area contributed by atoms with E-state index in [-0.39, 0.29) is 0 Å². The molecular formula is C10H17F3O. The second kappa shape index (κ2) is 4.09. The fraction of sp³-hybridized carbons (Fsp3) is 1.00. The molecule has 14 heavy (non-hydrogen) atoms. The Hall–Kier alpha value is -0.250. The molecule has 0 heterocycles. The average molecular weight is 210 g/mol. The maximum Gasteiger partial charge on any atom is 0.414 e. The number of rotatable bonds is 1. The SMILES string of the molecule is CC1CC(C)CC([C@H](O)C(F)(F)F)C1. The number of aliphatic hydroxyl groups is 1. The van der Waals surface area contributed by atoms with Crippen molar-refractivity contribution in [3.8, 4) is 0 Å². The minimum absolute atomic E-state index is 0.292. The Bertz CT molecular complexity index is 180. The highest BCUT2D eigenvalue weighted by molar-refractivity contribution is 4.82. The van der Waals surface area contributed by atoms with Crippen LogP contribution in [0.5, 0.6) is 0 Å². The van der Waals surface area contributed by atoms with Gasteiger partial charge < -0.3 is 5.11 Å². The van der Waals surface area contributed by atoms with Gasteiger partial charge in [0.2, 0.25) is 0 Å². The van der Waals surface area contributed by atoms with Crippen LogP contribution in [0.3, 0.4) is 0 Å². The maximum atomic E-state index is 12.2. The standard InChI is InChI=1S/C10H17F3O/c1-6-3-7(2)5-8(4-6)9(14)10(11,12)13/h6-9,14H,3-5H2,1-2H3/t6?,7?,8?,9-/m0/s1. The highest BCUT2D eigenvalue weighted by Crippen LogP contribution is 2.39. The molecule has 0 amide bonds. The Morgan fingerprint density at radius 3 is 1.86 bits per heavy atom. The van der Waals surface area contributed by atoms with Crippen molar-refractivity contribution in [2.75, 3.05) is 0 Å². The summed E-state index contributed by atoms with van der Waals surface area (Å²) in [7, 11) is 0. The van der Waals surface area contributed by atoms with Crippen LogP contribution in [0.1, 0.15) is 33.1 Å². The topological polar surface area (TPSA) is 20.2 Å². The van der Waals surface area contributed by atoms with Gasteiger partial charge in [-0.15, -0.1) is 0 Å². The van der Waals surface area contributed by atoms with Crippen molar-refractivity contribution in [1.29, 1.82) is 0 Å². The largest absolute Gasteiger partial charge is 0.414 e. The molecule has 1 saturated carbocycles. The van der Waals surface area contributed by atoms with E-state index >= 15 is 0 Å². The van der Waals surface area contributed by atoms with E-state index in [9.17, 15) is 13.2 Å². The highest BCUT2D eigenvalue weighted by Gasteiger charge is 2.45. The minimum Gasteiger partial charge on any atom is -0.383 e. The van der Waals surface area contributed by atoms with Crippen LogP contribution in [0.15, 0.2) is 0 Å². The summed E-state index contributed by atoms with van der Waals surface area (Å²) in [5, 5.41) is 9.12. The first-order chi connectivity index (χ1) is 6.30. The predicted molar refractivity (Wildman–Crippen MR) is 47.7 cm³/mol. The molecule has 0 saturated heterocycles. The summed E-state index contributed by atoms with van der Waals surface area (Å²) in [4.78, 5) is 0. The molecule has 3 atom stereocenters. The Balaban J connectivity index is 2.59. The fourth-order valence-electron chi connectivity index (χ4n) is 2.53. The van der Waals surface area contributed by atoms with Gasteiger partial charge in [-0.1, -0.05) is 13.8 Å². The van der Waals surface area contributed by atoms with E-state index in [4.69, 9.17) is 5.11 Å². The van der Waals surface area contributed by atoms with Crippen LogP contribution in [-0.4, -0.2) is 17.4 Å². The zero-order chi connectivity index (χ0) is 10.9. The molecule has 0 aromatic rings. The molecule has 1 N–H and O–H groups in total. The summed E-state index contributed by atoms with van der Waals surface area (Å²) in [6.07, 6.45) is -4.63. The zero-order valence-electron chi connectivity index (χ0n) is 8.51. The summed E-state index contributed by atoms with van der Waals surface area (Å²) >= 11 is 0. The molecule has 2 unspecified atom stereocenters. The lowest BCUT2D eigenvalue weighted by molar-refractivity contribution is -0.224. The van der Waals surface area contributed by atoms with Crippen LogP contribution in [0.2, 0.25) is 0 Å². The highest BCUT2D eigenvalue weighted by atomic mass is 19.4. The second-order valence-corrected chi connectivity index (χ2v) is 4.66. The second-order valence-electron chi connectivity index (χ2n) is 4.66. The Morgan fingerprint density at radius 1 is 1.07 bits per heavy atom. The van der Waals surface area contributed by atoms with Crippen molar-refractivity contribution in [2.45, 2.75) is 45.4 Å². The molecule has 0 bridgehead atoms. The van der Waals surface area contributed by atoms with E-state index in [1.54, 1.807) is 0 Å². The van der Waals surface area contributed by atoms with Gasteiger partial charge in [-0.2, -0.15) is 13.2 Å². The van der Waals surface area contributed by atoms with Gasteiger partial charge >= 0.3 is 6.18 Å². The van der Waals surface area contributed by atoms with E-state index < -0.39 is 18.2 Å². The third-order valence-electron chi connectivity index (χ3n) is 3.00. The molecule has 0 aliphatic heterocycles. The van der Waals surface area contributed by atoms with Crippen molar-refractivity contribution in [3.05, 3.63) is 0 Å². The van der Waals surface area contributed by atoms with Gasteiger partial charge in [-0.25, -0.2) is 0 Å². The molecule has 1 aliphatic rings. The number of hydrogen-bond donors (Lipinski definition) is 1. The van der Waals surface area contributed by atoms with Gasteiger partial charge in [-0.05, 0) is 37.0 Å². The van der Waals surface area contributed by atoms with E-state index in [2.05, 4.69) is 0 Å². The van der Waals surface area contributed by atoms with E-state index in [0.29, 0.717) is 24.7 Å². The van der Waals surface area contributed by atoms with Crippen molar-refractivity contribution in [1.82, 2.24) is 0 Å². The summed E-state index contributed by atoms with van der Waals surface area (Å²) < 4.78 is 36.7. The first kappa shape index (κ1) is 11.8. The van der Waals surface area contributed by atoms with Crippen LogP contribution < -0.4 is 0 Å². The van der Waals surface area contributed by atoms with Crippen LogP contribution in [0, 0.1) is 17.8 Å². The van der Waals surface area contributed by atoms with Crippen molar-refractivity contribution in [2.24, 2.45) is 17.8 Å². The molecule has 0 aromatic heterocycles. The maximum absolute atomic E-state index is 12.2. The number of alkyl halides is 3. The number of halogens is 3. The van der Waals surface area contributed by atoms with E-state index in [0.717, 1.165) is 6.42 Å². The fourth-order valence-corrected chi connectivity index (χ4v) is 2.53.